The maximum Gasteiger partial charge on any atom is 0.0366 e. The molecule has 2 nitrogen and oxygen atoms in total. The maximum absolute atomic E-state index is 3.52. The molecule has 3 aliphatic rings. The number of nitrogens with zero attached hydrogens (tertiary/aromatic N) is 1. The lowest BCUT2D eigenvalue weighted by molar-refractivity contribution is 0.675. The molecule has 4 rings (SSSR count). The second-order valence-corrected chi connectivity index (χ2v) is 5.93. The molecule has 2 saturated heterocycles. The number of hydrogen-bond donors (Lipinski definition) is 1. The van der Waals surface area contributed by atoms with E-state index in [1.807, 2.05) is 0 Å². The van der Waals surface area contributed by atoms with E-state index >= 15 is 0 Å². The fraction of sp³-hybridized carbons (Fsp3) is 0.600. The lowest BCUT2D eigenvalue weighted by Gasteiger charge is -2.19. The largest absolute Gasteiger partial charge is 0.372 e. The molecule has 3 fully saturated rings. The quantitative estimate of drug-likeness (QED) is 0.834. The van der Waals surface area contributed by atoms with Crippen molar-refractivity contribution in [2.24, 2.45) is 5.92 Å². The molecule has 2 atom stereocenters. The average molecular weight is 228 g/mol. The first-order chi connectivity index (χ1) is 8.38. The molecule has 0 amide bonds. The third-order valence-corrected chi connectivity index (χ3v) is 4.98. The van der Waals surface area contributed by atoms with Gasteiger partial charge >= 0.3 is 0 Å². The Balaban J connectivity index is 1.58. The van der Waals surface area contributed by atoms with Gasteiger partial charge in [0.15, 0.2) is 0 Å². The van der Waals surface area contributed by atoms with Crippen LogP contribution in [-0.4, -0.2) is 26.2 Å². The van der Waals surface area contributed by atoms with E-state index in [1.54, 1.807) is 5.56 Å². The Kier molecular flexibility index (Phi) is 2.04. The maximum atomic E-state index is 3.52. The van der Waals surface area contributed by atoms with Gasteiger partial charge in [-0.1, -0.05) is 12.1 Å². The van der Waals surface area contributed by atoms with E-state index in [4.69, 9.17) is 0 Å². The first-order valence-electron chi connectivity index (χ1n) is 6.95. The summed E-state index contributed by atoms with van der Waals surface area (Å²) in [4.78, 5) is 2.51. The molecule has 0 spiro atoms. The van der Waals surface area contributed by atoms with Crippen LogP contribution < -0.4 is 10.2 Å². The third kappa shape index (κ3) is 1.43. The number of piperidine rings is 1. The Hall–Kier alpha value is -1.02. The fourth-order valence-corrected chi connectivity index (χ4v) is 3.77. The molecule has 1 N–H and O–H groups in total. The van der Waals surface area contributed by atoms with Crippen LogP contribution in [0, 0.1) is 5.92 Å². The number of fused-ring (bicyclic) bond motifs is 1. The molecule has 0 radical (unpaired) electrons. The number of nitrogens with one attached hydrogen (secondary N) is 1. The van der Waals surface area contributed by atoms with Crippen LogP contribution in [0.5, 0.6) is 0 Å². The van der Waals surface area contributed by atoms with E-state index in [0.717, 1.165) is 5.92 Å². The highest BCUT2D eigenvalue weighted by molar-refractivity contribution is 5.51. The lowest BCUT2D eigenvalue weighted by atomic mass is 9.95. The molecular weight excluding hydrogens is 208 g/mol. The molecule has 0 aromatic heterocycles. The van der Waals surface area contributed by atoms with Crippen molar-refractivity contribution < 1.29 is 0 Å². The van der Waals surface area contributed by atoms with Crippen molar-refractivity contribution in [2.75, 3.05) is 31.1 Å². The van der Waals surface area contributed by atoms with Crippen LogP contribution in [0.2, 0.25) is 0 Å². The molecule has 1 aromatic rings. The summed E-state index contributed by atoms with van der Waals surface area (Å²) in [6.07, 6.45) is 4.12. The summed E-state index contributed by atoms with van der Waals surface area (Å²) in [6, 6.07) is 9.42. The molecule has 2 unspecified atom stereocenters. The molecule has 0 bridgehead atoms. The second kappa shape index (κ2) is 3.49. The van der Waals surface area contributed by atoms with Gasteiger partial charge < -0.3 is 10.2 Å². The molecule has 1 saturated carbocycles. The summed E-state index contributed by atoms with van der Waals surface area (Å²) < 4.78 is 0. The molecule has 2 heterocycles. The number of hydrogen-bond acceptors (Lipinski definition) is 2. The molecular formula is C15H20N2. The first kappa shape index (κ1) is 9.95. The second-order valence-electron chi connectivity index (χ2n) is 5.93. The monoisotopic (exact) mass is 228 g/mol. The van der Waals surface area contributed by atoms with Gasteiger partial charge in [0, 0.05) is 30.7 Å². The summed E-state index contributed by atoms with van der Waals surface area (Å²) in [6.45, 7) is 4.91. The van der Waals surface area contributed by atoms with Gasteiger partial charge in [-0.05, 0) is 49.4 Å². The van der Waals surface area contributed by atoms with Gasteiger partial charge in [0.2, 0.25) is 0 Å². The van der Waals surface area contributed by atoms with E-state index < -0.39 is 0 Å². The van der Waals surface area contributed by atoms with Gasteiger partial charge in [-0.15, -0.1) is 0 Å². The van der Waals surface area contributed by atoms with E-state index in [0.29, 0.717) is 5.41 Å². The summed E-state index contributed by atoms with van der Waals surface area (Å²) in [5.74, 6) is 0.917. The van der Waals surface area contributed by atoms with Crippen molar-refractivity contribution in [2.45, 2.75) is 24.7 Å². The zero-order valence-corrected chi connectivity index (χ0v) is 10.3. The predicted octanol–water partition coefficient (Wildman–Crippen LogP) is 2.15. The van der Waals surface area contributed by atoms with Crippen LogP contribution >= 0.6 is 0 Å². The van der Waals surface area contributed by atoms with E-state index in [1.165, 1.54) is 51.1 Å². The van der Waals surface area contributed by atoms with Gasteiger partial charge in [-0.25, -0.2) is 0 Å². The minimum absolute atomic E-state index is 0.517. The summed E-state index contributed by atoms with van der Waals surface area (Å²) >= 11 is 0. The highest BCUT2D eigenvalue weighted by atomic mass is 15.1. The van der Waals surface area contributed by atoms with Crippen molar-refractivity contribution >= 4 is 5.69 Å². The van der Waals surface area contributed by atoms with Crippen LogP contribution in [0.15, 0.2) is 24.3 Å². The zero-order valence-electron chi connectivity index (χ0n) is 10.3. The van der Waals surface area contributed by atoms with Gasteiger partial charge in [-0.2, -0.15) is 0 Å². The van der Waals surface area contributed by atoms with Crippen molar-refractivity contribution in [3.63, 3.8) is 0 Å². The molecule has 17 heavy (non-hydrogen) atoms. The Morgan fingerprint density at radius 1 is 1.12 bits per heavy atom. The van der Waals surface area contributed by atoms with Crippen LogP contribution in [0.4, 0.5) is 5.69 Å². The van der Waals surface area contributed by atoms with Crippen molar-refractivity contribution in [1.29, 1.82) is 0 Å². The predicted molar refractivity (Wildman–Crippen MR) is 70.5 cm³/mol. The highest BCUT2D eigenvalue weighted by Gasteiger charge is 2.57. The standard InChI is InChI=1S/C15H20N2/c1-2-8-17(7-1)14-5-3-12(4-6-14)15-9-13(15)10-16-11-15/h3-6,13,16H,1-2,7-11H2. The van der Waals surface area contributed by atoms with Gasteiger partial charge in [0.05, 0.1) is 0 Å². The van der Waals surface area contributed by atoms with Gasteiger partial charge in [-0.3, -0.25) is 0 Å². The zero-order chi connectivity index (χ0) is 11.3. The Bertz CT molecular complexity index is 419. The van der Waals surface area contributed by atoms with E-state index in [9.17, 15) is 0 Å². The molecule has 2 heteroatoms. The van der Waals surface area contributed by atoms with E-state index in [2.05, 4.69) is 34.5 Å². The molecule has 90 valence electrons. The van der Waals surface area contributed by atoms with Crippen LogP contribution in [0.1, 0.15) is 24.8 Å². The molecule has 1 aromatic carbocycles. The van der Waals surface area contributed by atoms with Gasteiger partial charge in [0.25, 0.3) is 0 Å². The Morgan fingerprint density at radius 3 is 2.47 bits per heavy atom. The minimum atomic E-state index is 0.517. The molecule has 1 aliphatic carbocycles. The van der Waals surface area contributed by atoms with Crippen molar-refractivity contribution in [3.8, 4) is 0 Å². The topological polar surface area (TPSA) is 15.3 Å². The van der Waals surface area contributed by atoms with Crippen LogP contribution in [0.3, 0.4) is 0 Å². The number of benzene rings is 1. The fourth-order valence-electron chi connectivity index (χ4n) is 3.77. The van der Waals surface area contributed by atoms with E-state index in [-0.39, 0.29) is 0 Å². The normalized spacial score (nSPS) is 35.1. The number of anilines is 1. The lowest BCUT2D eigenvalue weighted by Crippen LogP contribution is -2.20. The first-order valence-corrected chi connectivity index (χ1v) is 6.95. The number of rotatable bonds is 2. The SMILES string of the molecule is c1cc(C23CNCC2C3)ccc1N1CCCC1. The molecule has 2 aliphatic heterocycles. The Morgan fingerprint density at radius 2 is 1.88 bits per heavy atom. The average Bonchev–Trinajstić information content (AvgIpc) is 2.81. The minimum Gasteiger partial charge on any atom is -0.372 e. The smallest absolute Gasteiger partial charge is 0.0366 e. The third-order valence-electron chi connectivity index (χ3n) is 4.98. The summed E-state index contributed by atoms with van der Waals surface area (Å²) in [5.41, 5.74) is 3.50. The van der Waals surface area contributed by atoms with Crippen LogP contribution in [0.25, 0.3) is 0 Å². The summed E-state index contributed by atoms with van der Waals surface area (Å²) in [5, 5.41) is 3.52. The van der Waals surface area contributed by atoms with Crippen molar-refractivity contribution in [1.82, 2.24) is 5.32 Å². The van der Waals surface area contributed by atoms with Crippen LogP contribution in [-0.2, 0) is 5.41 Å². The Labute approximate surface area is 103 Å². The van der Waals surface area contributed by atoms with Crippen molar-refractivity contribution in [3.05, 3.63) is 29.8 Å². The highest BCUT2D eigenvalue weighted by Crippen LogP contribution is 2.56. The van der Waals surface area contributed by atoms with Gasteiger partial charge in [0.1, 0.15) is 0 Å². The summed E-state index contributed by atoms with van der Waals surface area (Å²) in [7, 11) is 0.